The third kappa shape index (κ3) is 5.33. The second-order valence-corrected chi connectivity index (χ2v) is 4.39. The summed E-state index contributed by atoms with van der Waals surface area (Å²) < 4.78 is 39.7. The van der Waals surface area contributed by atoms with Gasteiger partial charge in [-0.1, -0.05) is 12.1 Å². The number of amides is 1. The highest BCUT2D eigenvalue weighted by Gasteiger charge is 2.31. The number of ether oxygens (including phenoxy) is 1. The van der Waals surface area contributed by atoms with Gasteiger partial charge in [0, 0.05) is 7.05 Å². The second-order valence-electron chi connectivity index (χ2n) is 4.39. The van der Waals surface area contributed by atoms with E-state index in [9.17, 15) is 22.8 Å². The first-order valence-corrected chi connectivity index (χ1v) is 5.93. The van der Waals surface area contributed by atoms with Crippen LogP contribution < -0.4 is 4.74 Å². The molecule has 21 heavy (non-hydrogen) atoms. The van der Waals surface area contributed by atoms with E-state index >= 15 is 0 Å². The van der Waals surface area contributed by atoms with Gasteiger partial charge in [0.15, 0.2) is 0 Å². The summed E-state index contributed by atoms with van der Waals surface area (Å²) in [7, 11) is 1.35. The number of benzene rings is 1. The molecule has 116 valence electrons. The zero-order valence-corrected chi connectivity index (χ0v) is 11.3. The van der Waals surface area contributed by atoms with Gasteiger partial charge in [-0.3, -0.25) is 4.79 Å². The predicted octanol–water partition coefficient (Wildman–Crippen LogP) is 2.06. The Bertz CT molecular complexity index is 513. The van der Waals surface area contributed by atoms with Gasteiger partial charge in [0.25, 0.3) is 0 Å². The second kappa shape index (κ2) is 6.47. The van der Waals surface area contributed by atoms with Crippen molar-refractivity contribution < 1.29 is 32.6 Å². The Labute approximate surface area is 118 Å². The normalized spacial score (nSPS) is 12.6. The molecule has 1 N–H and O–H groups in total. The summed E-state index contributed by atoms with van der Waals surface area (Å²) in [5.41, 5.74) is 0.457. The van der Waals surface area contributed by atoms with Gasteiger partial charge in [-0.2, -0.15) is 0 Å². The van der Waals surface area contributed by atoms with Crippen LogP contribution in [0.1, 0.15) is 12.5 Å². The van der Waals surface area contributed by atoms with Gasteiger partial charge in [0.1, 0.15) is 11.8 Å². The Kier molecular flexibility index (Phi) is 5.17. The summed E-state index contributed by atoms with van der Waals surface area (Å²) in [5, 5.41) is 8.79. The minimum atomic E-state index is -4.77. The highest BCUT2D eigenvalue weighted by atomic mass is 19.4. The van der Waals surface area contributed by atoms with E-state index in [2.05, 4.69) is 4.74 Å². The van der Waals surface area contributed by atoms with Crippen molar-refractivity contribution in [2.45, 2.75) is 25.7 Å². The van der Waals surface area contributed by atoms with Gasteiger partial charge in [-0.15, -0.1) is 13.2 Å². The lowest BCUT2D eigenvalue weighted by Crippen LogP contribution is -2.41. The van der Waals surface area contributed by atoms with E-state index in [1.165, 1.54) is 26.1 Å². The first kappa shape index (κ1) is 16.8. The summed E-state index contributed by atoms with van der Waals surface area (Å²) in [4.78, 5) is 23.6. The lowest BCUT2D eigenvalue weighted by atomic mass is 10.1. The van der Waals surface area contributed by atoms with Gasteiger partial charge in [-0.25, -0.2) is 4.79 Å². The Morgan fingerprint density at radius 3 is 2.24 bits per heavy atom. The average Bonchev–Trinajstić information content (AvgIpc) is 2.37. The van der Waals surface area contributed by atoms with Gasteiger partial charge in [0.05, 0.1) is 6.42 Å². The molecule has 1 aromatic carbocycles. The van der Waals surface area contributed by atoms with E-state index in [-0.39, 0.29) is 12.2 Å². The first-order chi connectivity index (χ1) is 9.60. The lowest BCUT2D eigenvalue weighted by molar-refractivity contribution is -0.274. The number of aliphatic carboxylic acids is 1. The van der Waals surface area contributed by atoms with Crippen molar-refractivity contribution in [3.05, 3.63) is 29.8 Å². The molecule has 0 aliphatic rings. The van der Waals surface area contributed by atoms with Crippen molar-refractivity contribution in [2.24, 2.45) is 0 Å². The van der Waals surface area contributed by atoms with Gasteiger partial charge in [0.2, 0.25) is 5.91 Å². The van der Waals surface area contributed by atoms with Gasteiger partial charge >= 0.3 is 12.3 Å². The van der Waals surface area contributed by atoms with Crippen LogP contribution in [0.5, 0.6) is 5.75 Å². The Balaban J connectivity index is 2.67. The van der Waals surface area contributed by atoms with Crippen LogP contribution in [0.3, 0.4) is 0 Å². The van der Waals surface area contributed by atoms with Crippen molar-refractivity contribution >= 4 is 11.9 Å². The third-order valence-electron chi connectivity index (χ3n) is 2.84. The molecule has 0 spiro atoms. The maximum atomic E-state index is 12.0. The lowest BCUT2D eigenvalue weighted by Gasteiger charge is -2.21. The maximum Gasteiger partial charge on any atom is 0.573 e. The van der Waals surface area contributed by atoms with Crippen molar-refractivity contribution in [1.82, 2.24) is 4.90 Å². The highest BCUT2D eigenvalue weighted by Crippen LogP contribution is 2.22. The molecular formula is C13H14F3NO4. The molecule has 0 fully saturated rings. The van der Waals surface area contributed by atoms with Gasteiger partial charge < -0.3 is 14.7 Å². The van der Waals surface area contributed by atoms with Crippen LogP contribution in [0.15, 0.2) is 24.3 Å². The van der Waals surface area contributed by atoms with E-state index in [0.717, 1.165) is 17.0 Å². The summed E-state index contributed by atoms with van der Waals surface area (Å²) >= 11 is 0. The molecule has 1 atom stereocenters. The monoisotopic (exact) mass is 305 g/mol. The highest BCUT2D eigenvalue weighted by molar-refractivity contribution is 5.84. The average molecular weight is 305 g/mol. The van der Waals surface area contributed by atoms with Crippen LogP contribution in [0.2, 0.25) is 0 Å². The zero-order chi connectivity index (χ0) is 16.2. The Morgan fingerprint density at radius 1 is 1.29 bits per heavy atom. The summed E-state index contributed by atoms with van der Waals surface area (Å²) in [5.74, 6) is -1.97. The molecule has 0 aliphatic carbocycles. The molecule has 0 radical (unpaired) electrons. The number of carboxylic acids is 1. The molecule has 0 bridgehead atoms. The number of halogens is 3. The van der Waals surface area contributed by atoms with Gasteiger partial charge in [-0.05, 0) is 24.6 Å². The predicted molar refractivity (Wildman–Crippen MR) is 66.7 cm³/mol. The molecule has 5 nitrogen and oxygen atoms in total. The van der Waals surface area contributed by atoms with Crippen LogP contribution in [0.25, 0.3) is 0 Å². The zero-order valence-electron chi connectivity index (χ0n) is 11.3. The largest absolute Gasteiger partial charge is 0.573 e. The molecule has 8 heteroatoms. The smallest absolute Gasteiger partial charge is 0.480 e. The van der Waals surface area contributed by atoms with Crippen molar-refractivity contribution in [3.8, 4) is 5.75 Å². The van der Waals surface area contributed by atoms with Crippen molar-refractivity contribution in [1.29, 1.82) is 0 Å². The first-order valence-electron chi connectivity index (χ1n) is 5.93. The van der Waals surface area contributed by atoms with Crippen LogP contribution in [0, 0.1) is 0 Å². The van der Waals surface area contributed by atoms with E-state index in [1.54, 1.807) is 0 Å². The van der Waals surface area contributed by atoms with Crippen LogP contribution in [0.4, 0.5) is 13.2 Å². The fourth-order valence-electron chi connectivity index (χ4n) is 1.49. The Morgan fingerprint density at radius 2 is 1.81 bits per heavy atom. The van der Waals surface area contributed by atoms with Crippen LogP contribution in [-0.2, 0) is 16.0 Å². The fourth-order valence-corrected chi connectivity index (χ4v) is 1.49. The van der Waals surface area contributed by atoms with Crippen LogP contribution in [-0.4, -0.2) is 41.3 Å². The van der Waals surface area contributed by atoms with E-state index in [4.69, 9.17) is 5.11 Å². The molecule has 1 aromatic rings. The number of rotatable bonds is 5. The van der Waals surface area contributed by atoms with Crippen molar-refractivity contribution in [2.75, 3.05) is 7.05 Å². The number of hydrogen-bond donors (Lipinski definition) is 1. The molecule has 0 aromatic heterocycles. The van der Waals surface area contributed by atoms with E-state index in [1.807, 2.05) is 0 Å². The molecule has 0 heterocycles. The molecule has 1 unspecified atom stereocenters. The van der Waals surface area contributed by atoms with E-state index in [0.29, 0.717) is 5.56 Å². The maximum absolute atomic E-state index is 12.0. The minimum absolute atomic E-state index is 0.111. The molecule has 1 amide bonds. The number of hydrogen-bond acceptors (Lipinski definition) is 3. The molecule has 0 saturated heterocycles. The Hall–Kier alpha value is -2.25. The number of nitrogens with zero attached hydrogens (tertiary/aromatic N) is 1. The number of likely N-dealkylation sites (N-methyl/N-ethyl adjacent to an activating group) is 1. The molecule has 0 aliphatic heterocycles. The third-order valence-corrected chi connectivity index (χ3v) is 2.84. The van der Waals surface area contributed by atoms with Crippen molar-refractivity contribution in [3.63, 3.8) is 0 Å². The summed E-state index contributed by atoms with van der Waals surface area (Å²) in [6.07, 6.45) is -4.88. The number of alkyl halides is 3. The number of carbonyl (C=O) groups excluding carboxylic acids is 1. The van der Waals surface area contributed by atoms with E-state index < -0.39 is 24.3 Å². The fraction of sp³-hybridized carbons (Fsp3) is 0.385. The number of carbonyl (C=O) groups is 2. The topological polar surface area (TPSA) is 66.8 Å². The summed E-state index contributed by atoms with van der Waals surface area (Å²) in [6.45, 7) is 1.36. The standard InChI is InChI=1S/C13H14F3NO4/c1-8(12(19)20)17(2)11(18)7-9-3-5-10(6-4-9)21-13(14,15)16/h3-6,8H,7H2,1-2H3,(H,19,20). The SMILES string of the molecule is CC(C(=O)O)N(C)C(=O)Cc1ccc(OC(F)(F)F)cc1. The minimum Gasteiger partial charge on any atom is -0.480 e. The molecule has 0 saturated carbocycles. The number of carboxylic acid groups (broad SMARTS) is 1. The van der Waals surface area contributed by atoms with Crippen LogP contribution >= 0.6 is 0 Å². The molecule has 1 rings (SSSR count). The molecular weight excluding hydrogens is 291 g/mol. The quantitative estimate of drug-likeness (QED) is 0.904. The summed E-state index contributed by atoms with van der Waals surface area (Å²) in [6, 6.07) is 3.84.